The summed E-state index contributed by atoms with van der Waals surface area (Å²) in [5, 5.41) is 7.30. The number of hydrogen-bond donors (Lipinski definition) is 3. The van der Waals surface area contributed by atoms with Crippen molar-refractivity contribution >= 4 is 27.9 Å². The molecule has 1 saturated carbocycles. The molecule has 0 atom stereocenters. The maximum absolute atomic E-state index is 11.9. The van der Waals surface area contributed by atoms with Crippen LogP contribution in [0.2, 0.25) is 0 Å². The molecule has 106 valence electrons. The van der Waals surface area contributed by atoms with Crippen molar-refractivity contribution in [3.63, 3.8) is 0 Å². The van der Waals surface area contributed by atoms with Crippen LogP contribution >= 0.6 is 11.3 Å². The third kappa shape index (κ3) is 4.42. The van der Waals surface area contributed by atoms with Crippen LogP contribution in [0.15, 0.2) is 6.07 Å². The number of hydrogen-bond acceptors (Lipinski definition) is 4. The number of anilines is 2. The van der Waals surface area contributed by atoms with Crippen molar-refractivity contribution < 1.29 is 4.79 Å². The Kier molecular flexibility index (Phi) is 4.69. The van der Waals surface area contributed by atoms with Crippen LogP contribution in [0.3, 0.4) is 0 Å². The molecule has 1 fully saturated rings. The van der Waals surface area contributed by atoms with Gasteiger partial charge in [-0.25, -0.2) is 0 Å². The van der Waals surface area contributed by atoms with Crippen LogP contribution in [0.1, 0.15) is 49.2 Å². The fourth-order valence-electron chi connectivity index (χ4n) is 1.87. The van der Waals surface area contributed by atoms with Gasteiger partial charge in [-0.2, -0.15) is 0 Å². The summed E-state index contributed by atoms with van der Waals surface area (Å²) in [6.07, 6.45) is 4.54. The highest BCUT2D eigenvalue weighted by molar-refractivity contribution is 7.18. The average Bonchev–Trinajstić information content (AvgIpc) is 3.06. The minimum Gasteiger partial charge on any atom is -0.397 e. The average molecular weight is 281 g/mol. The highest BCUT2D eigenvalue weighted by Crippen LogP contribution is 2.30. The number of thiophene rings is 1. The molecule has 19 heavy (non-hydrogen) atoms. The van der Waals surface area contributed by atoms with Gasteiger partial charge in [-0.1, -0.05) is 13.8 Å². The maximum atomic E-state index is 11.9. The molecule has 1 amide bonds. The fraction of sp³-hybridized carbons (Fsp3) is 0.643. The van der Waals surface area contributed by atoms with E-state index >= 15 is 0 Å². The second-order valence-corrected chi connectivity index (χ2v) is 6.66. The first-order chi connectivity index (χ1) is 9.06. The number of nitrogens with two attached hydrogens (primary N) is 1. The number of rotatable bonds is 7. The standard InChI is InChI=1S/C14H23N3OS/c1-9(2)4-3-7-16-12-8-11(15)13(19-12)14(18)17-10-5-6-10/h8-10,16H,3-7,15H2,1-2H3,(H,17,18). The molecule has 4 nitrogen and oxygen atoms in total. The summed E-state index contributed by atoms with van der Waals surface area (Å²) >= 11 is 1.45. The van der Waals surface area contributed by atoms with Crippen LogP contribution in [-0.2, 0) is 0 Å². The first kappa shape index (κ1) is 14.2. The summed E-state index contributed by atoms with van der Waals surface area (Å²) < 4.78 is 0. The van der Waals surface area contributed by atoms with Gasteiger partial charge in [0.05, 0.1) is 10.7 Å². The van der Waals surface area contributed by atoms with E-state index in [9.17, 15) is 4.79 Å². The Balaban J connectivity index is 1.83. The molecule has 0 aromatic carbocycles. The van der Waals surface area contributed by atoms with Gasteiger partial charge < -0.3 is 16.4 Å². The van der Waals surface area contributed by atoms with Gasteiger partial charge in [0.15, 0.2) is 0 Å². The van der Waals surface area contributed by atoms with Crippen LogP contribution in [0.4, 0.5) is 10.7 Å². The normalized spacial score (nSPS) is 14.7. The number of carbonyl (C=O) groups excluding carboxylic acids is 1. The molecular formula is C14H23N3OS. The number of carbonyl (C=O) groups is 1. The molecule has 0 saturated heterocycles. The second-order valence-electron chi connectivity index (χ2n) is 5.61. The van der Waals surface area contributed by atoms with Gasteiger partial charge in [-0.3, -0.25) is 4.79 Å². The lowest BCUT2D eigenvalue weighted by atomic mass is 10.1. The van der Waals surface area contributed by atoms with Crippen molar-refractivity contribution in [3.8, 4) is 0 Å². The van der Waals surface area contributed by atoms with E-state index in [2.05, 4.69) is 24.5 Å². The molecule has 1 aliphatic rings. The summed E-state index contributed by atoms with van der Waals surface area (Å²) in [5.41, 5.74) is 6.48. The summed E-state index contributed by atoms with van der Waals surface area (Å²) in [6.45, 7) is 5.38. The Morgan fingerprint density at radius 1 is 1.53 bits per heavy atom. The fourth-order valence-corrected chi connectivity index (χ4v) is 2.78. The van der Waals surface area contributed by atoms with Crippen LogP contribution < -0.4 is 16.4 Å². The Labute approximate surface area is 118 Å². The van der Waals surface area contributed by atoms with Gasteiger partial charge >= 0.3 is 0 Å². The van der Waals surface area contributed by atoms with Crippen LogP contribution in [-0.4, -0.2) is 18.5 Å². The summed E-state index contributed by atoms with van der Waals surface area (Å²) in [4.78, 5) is 12.6. The van der Waals surface area contributed by atoms with E-state index < -0.39 is 0 Å². The minimum atomic E-state index is -0.0276. The molecule has 0 radical (unpaired) electrons. The van der Waals surface area contributed by atoms with Crippen LogP contribution in [0.5, 0.6) is 0 Å². The van der Waals surface area contributed by atoms with E-state index in [0.29, 0.717) is 16.6 Å². The van der Waals surface area contributed by atoms with Gasteiger partial charge in [-0.05, 0) is 37.7 Å². The lowest BCUT2D eigenvalue weighted by molar-refractivity contribution is 0.0956. The number of nitrogen functional groups attached to an aromatic ring is 1. The van der Waals surface area contributed by atoms with Crippen molar-refractivity contribution in [3.05, 3.63) is 10.9 Å². The first-order valence-electron chi connectivity index (χ1n) is 7.00. The van der Waals surface area contributed by atoms with Crippen molar-refractivity contribution in [2.45, 2.75) is 45.6 Å². The van der Waals surface area contributed by atoms with Crippen molar-refractivity contribution in [1.82, 2.24) is 5.32 Å². The van der Waals surface area contributed by atoms with Gasteiger partial charge in [0.2, 0.25) is 0 Å². The lowest BCUT2D eigenvalue weighted by Gasteiger charge is -2.05. The zero-order valence-electron chi connectivity index (χ0n) is 11.7. The quantitative estimate of drug-likeness (QED) is 0.673. The van der Waals surface area contributed by atoms with E-state index in [1.54, 1.807) is 0 Å². The van der Waals surface area contributed by atoms with Gasteiger partial charge in [0.25, 0.3) is 5.91 Å². The lowest BCUT2D eigenvalue weighted by Crippen LogP contribution is -2.25. The van der Waals surface area contributed by atoms with E-state index in [-0.39, 0.29) is 5.91 Å². The van der Waals surface area contributed by atoms with E-state index in [4.69, 9.17) is 5.73 Å². The molecule has 2 rings (SSSR count). The Hall–Kier alpha value is -1.23. The first-order valence-corrected chi connectivity index (χ1v) is 7.82. The molecule has 1 aromatic rings. The zero-order chi connectivity index (χ0) is 13.8. The molecule has 0 unspecified atom stereocenters. The third-order valence-corrected chi connectivity index (χ3v) is 4.24. The molecule has 0 aliphatic heterocycles. The molecule has 1 aliphatic carbocycles. The topological polar surface area (TPSA) is 67.1 Å². The smallest absolute Gasteiger partial charge is 0.263 e. The molecule has 0 spiro atoms. The van der Waals surface area contributed by atoms with Crippen molar-refractivity contribution in [2.24, 2.45) is 5.92 Å². The Morgan fingerprint density at radius 3 is 2.89 bits per heavy atom. The predicted octanol–water partition coefficient (Wildman–Crippen LogP) is 3.07. The summed E-state index contributed by atoms with van der Waals surface area (Å²) in [7, 11) is 0. The maximum Gasteiger partial charge on any atom is 0.263 e. The van der Waals surface area contributed by atoms with Crippen LogP contribution in [0, 0.1) is 5.92 Å². The van der Waals surface area contributed by atoms with E-state index in [0.717, 1.165) is 36.7 Å². The Bertz CT molecular complexity index is 438. The molecule has 5 heteroatoms. The minimum absolute atomic E-state index is 0.0276. The summed E-state index contributed by atoms with van der Waals surface area (Å²) in [5.74, 6) is 0.704. The Morgan fingerprint density at radius 2 is 2.26 bits per heavy atom. The van der Waals surface area contributed by atoms with E-state index in [1.807, 2.05) is 6.07 Å². The van der Waals surface area contributed by atoms with E-state index in [1.165, 1.54) is 17.8 Å². The molecule has 1 aromatic heterocycles. The molecule has 1 heterocycles. The van der Waals surface area contributed by atoms with Gasteiger partial charge in [0.1, 0.15) is 4.88 Å². The second kappa shape index (κ2) is 6.28. The molecule has 4 N–H and O–H groups in total. The molecular weight excluding hydrogens is 258 g/mol. The highest BCUT2D eigenvalue weighted by Gasteiger charge is 2.25. The summed E-state index contributed by atoms with van der Waals surface area (Å²) in [6, 6.07) is 2.23. The number of nitrogens with one attached hydrogen (secondary N) is 2. The predicted molar refractivity (Wildman–Crippen MR) is 81.8 cm³/mol. The van der Waals surface area contributed by atoms with Gasteiger partial charge in [0, 0.05) is 12.6 Å². The monoisotopic (exact) mass is 281 g/mol. The number of amides is 1. The highest BCUT2D eigenvalue weighted by atomic mass is 32.1. The van der Waals surface area contributed by atoms with Crippen molar-refractivity contribution in [2.75, 3.05) is 17.6 Å². The third-order valence-electron chi connectivity index (χ3n) is 3.14. The van der Waals surface area contributed by atoms with Gasteiger partial charge in [-0.15, -0.1) is 11.3 Å². The largest absolute Gasteiger partial charge is 0.397 e. The van der Waals surface area contributed by atoms with Crippen LogP contribution in [0.25, 0.3) is 0 Å². The van der Waals surface area contributed by atoms with Crippen molar-refractivity contribution in [1.29, 1.82) is 0 Å². The SMILES string of the molecule is CC(C)CCCNc1cc(N)c(C(=O)NC2CC2)s1. The zero-order valence-corrected chi connectivity index (χ0v) is 12.5. The molecule has 0 bridgehead atoms.